The fourth-order valence-electron chi connectivity index (χ4n) is 2.67. The van der Waals surface area contributed by atoms with Gasteiger partial charge in [-0.25, -0.2) is 0 Å². The predicted molar refractivity (Wildman–Crippen MR) is 88.7 cm³/mol. The van der Waals surface area contributed by atoms with Gasteiger partial charge >= 0.3 is 0 Å². The molecule has 1 atom stereocenters. The molecule has 2 aromatic rings. The van der Waals surface area contributed by atoms with Crippen LogP contribution < -0.4 is 10.2 Å². The SMILES string of the molecule is O=C(Nc1ccc(O)cc1)[C@H]1CCCN(c2ccc(Cl)nn2)C1. The standard InChI is InChI=1S/C16H17ClN4O2/c17-14-7-8-15(20-19-14)21-9-1-2-11(10-21)16(23)18-12-3-5-13(22)6-4-12/h3-8,11,22H,1-2,9-10H2,(H,18,23)/t11-/m0/s1. The number of phenolic OH excluding ortho intramolecular Hbond substituents is 1. The predicted octanol–water partition coefficient (Wildman–Crippen LogP) is 2.69. The number of benzene rings is 1. The van der Waals surface area contributed by atoms with Gasteiger partial charge in [-0.15, -0.1) is 10.2 Å². The summed E-state index contributed by atoms with van der Waals surface area (Å²) in [6.07, 6.45) is 1.75. The average Bonchev–Trinajstić information content (AvgIpc) is 2.58. The normalized spacial score (nSPS) is 17.8. The van der Waals surface area contributed by atoms with Crippen molar-refractivity contribution in [2.75, 3.05) is 23.3 Å². The molecule has 1 saturated heterocycles. The Morgan fingerprint density at radius 1 is 1.22 bits per heavy atom. The Morgan fingerprint density at radius 3 is 2.70 bits per heavy atom. The Hall–Kier alpha value is -2.34. The molecule has 0 spiro atoms. The third-order valence-electron chi connectivity index (χ3n) is 3.87. The molecule has 6 nitrogen and oxygen atoms in total. The average molecular weight is 333 g/mol. The van der Waals surface area contributed by atoms with Gasteiger partial charge < -0.3 is 15.3 Å². The Bertz CT molecular complexity index is 675. The van der Waals surface area contributed by atoms with E-state index < -0.39 is 0 Å². The summed E-state index contributed by atoms with van der Waals surface area (Å²) < 4.78 is 0. The van der Waals surface area contributed by atoms with E-state index in [1.165, 1.54) is 0 Å². The van der Waals surface area contributed by atoms with Crippen molar-refractivity contribution in [1.82, 2.24) is 10.2 Å². The second kappa shape index (κ2) is 6.83. The lowest BCUT2D eigenvalue weighted by Crippen LogP contribution is -2.41. The number of hydrogen-bond donors (Lipinski definition) is 2. The molecule has 23 heavy (non-hydrogen) atoms. The van der Waals surface area contributed by atoms with Gasteiger partial charge in [0.25, 0.3) is 0 Å². The number of carbonyl (C=O) groups excluding carboxylic acids is 1. The summed E-state index contributed by atoms with van der Waals surface area (Å²) in [7, 11) is 0. The molecule has 2 N–H and O–H groups in total. The first kappa shape index (κ1) is 15.6. The van der Waals surface area contributed by atoms with Crippen molar-refractivity contribution in [1.29, 1.82) is 0 Å². The van der Waals surface area contributed by atoms with Crippen molar-refractivity contribution < 1.29 is 9.90 Å². The lowest BCUT2D eigenvalue weighted by molar-refractivity contribution is -0.120. The highest BCUT2D eigenvalue weighted by molar-refractivity contribution is 6.29. The number of hydrogen-bond acceptors (Lipinski definition) is 5. The quantitative estimate of drug-likeness (QED) is 0.845. The van der Waals surface area contributed by atoms with Gasteiger partial charge in [0, 0.05) is 18.8 Å². The number of halogens is 1. The van der Waals surface area contributed by atoms with Crippen LogP contribution in [0.15, 0.2) is 36.4 Å². The maximum absolute atomic E-state index is 12.4. The molecule has 1 aliphatic heterocycles. The Balaban J connectivity index is 1.64. The summed E-state index contributed by atoms with van der Waals surface area (Å²) in [5.41, 5.74) is 0.677. The van der Waals surface area contributed by atoms with Crippen molar-refractivity contribution in [2.45, 2.75) is 12.8 Å². The number of amides is 1. The van der Waals surface area contributed by atoms with E-state index in [2.05, 4.69) is 15.5 Å². The maximum atomic E-state index is 12.4. The van der Waals surface area contributed by atoms with Crippen LogP contribution in [0.2, 0.25) is 5.15 Å². The highest BCUT2D eigenvalue weighted by Crippen LogP contribution is 2.23. The van der Waals surface area contributed by atoms with E-state index in [4.69, 9.17) is 11.6 Å². The van der Waals surface area contributed by atoms with Crippen LogP contribution in [0, 0.1) is 5.92 Å². The van der Waals surface area contributed by atoms with Gasteiger partial charge in [0.1, 0.15) is 5.75 Å². The fraction of sp³-hybridized carbons (Fsp3) is 0.312. The van der Waals surface area contributed by atoms with E-state index in [1.54, 1.807) is 30.3 Å². The van der Waals surface area contributed by atoms with Crippen LogP contribution in [0.25, 0.3) is 0 Å². The summed E-state index contributed by atoms with van der Waals surface area (Å²) in [5, 5.41) is 20.4. The molecule has 0 aliphatic carbocycles. The van der Waals surface area contributed by atoms with Gasteiger partial charge in [-0.2, -0.15) is 0 Å². The molecule has 0 bridgehead atoms. The number of carbonyl (C=O) groups is 1. The maximum Gasteiger partial charge on any atom is 0.229 e. The van der Waals surface area contributed by atoms with Crippen LogP contribution in [-0.4, -0.2) is 34.3 Å². The van der Waals surface area contributed by atoms with Gasteiger partial charge in [-0.1, -0.05) is 11.6 Å². The third-order valence-corrected chi connectivity index (χ3v) is 4.07. The largest absolute Gasteiger partial charge is 0.508 e. The molecule has 0 saturated carbocycles. The van der Waals surface area contributed by atoms with Gasteiger partial charge in [0.15, 0.2) is 11.0 Å². The molecule has 0 radical (unpaired) electrons. The highest BCUT2D eigenvalue weighted by Gasteiger charge is 2.26. The fourth-order valence-corrected chi connectivity index (χ4v) is 2.77. The number of piperidine rings is 1. The number of anilines is 2. The van der Waals surface area contributed by atoms with Crippen molar-refractivity contribution >= 4 is 29.0 Å². The molecule has 3 rings (SSSR count). The molecule has 1 aromatic heterocycles. The van der Waals surface area contributed by atoms with E-state index in [0.717, 1.165) is 25.2 Å². The van der Waals surface area contributed by atoms with E-state index in [1.807, 2.05) is 11.0 Å². The highest BCUT2D eigenvalue weighted by atomic mass is 35.5. The molecular formula is C16H17ClN4O2. The third kappa shape index (κ3) is 3.90. The first-order valence-corrected chi connectivity index (χ1v) is 7.84. The summed E-state index contributed by atoms with van der Waals surface area (Å²) in [4.78, 5) is 14.5. The second-order valence-electron chi connectivity index (χ2n) is 5.54. The second-order valence-corrected chi connectivity index (χ2v) is 5.92. The summed E-state index contributed by atoms with van der Waals surface area (Å²) in [6, 6.07) is 9.97. The minimum atomic E-state index is -0.116. The first-order chi connectivity index (χ1) is 11.1. The first-order valence-electron chi connectivity index (χ1n) is 7.46. The Labute approximate surface area is 139 Å². The van der Waals surface area contributed by atoms with Crippen LogP contribution in [0.5, 0.6) is 5.75 Å². The summed E-state index contributed by atoms with van der Waals surface area (Å²) >= 11 is 5.76. The number of rotatable bonds is 3. The van der Waals surface area contributed by atoms with Gasteiger partial charge in [-0.05, 0) is 49.2 Å². The van der Waals surface area contributed by atoms with E-state index >= 15 is 0 Å². The minimum absolute atomic E-state index is 0.0256. The topological polar surface area (TPSA) is 78.4 Å². The number of aromatic hydroxyl groups is 1. The minimum Gasteiger partial charge on any atom is -0.508 e. The monoisotopic (exact) mass is 332 g/mol. The number of aromatic nitrogens is 2. The molecule has 7 heteroatoms. The van der Waals surface area contributed by atoms with Crippen LogP contribution in [0.1, 0.15) is 12.8 Å². The zero-order chi connectivity index (χ0) is 16.2. The van der Waals surface area contributed by atoms with E-state index in [-0.39, 0.29) is 17.6 Å². The number of nitrogens with one attached hydrogen (secondary N) is 1. The van der Waals surface area contributed by atoms with Gasteiger partial charge in [0.2, 0.25) is 5.91 Å². The Kier molecular flexibility index (Phi) is 4.62. The van der Waals surface area contributed by atoms with Crippen molar-refractivity contribution in [3.63, 3.8) is 0 Å². The number of phenols is 1. The van der Waals surface area contributed by atoms with Gasteiger partial charge in [-0.3, -0.25) is 4.79 Å². The molecule has 120 valence electrons. The molecule has 1 aliphatic rings. The van der Waals surface area contributed by atoms with E-state index in [9.17, 15) is 9.90 Å². The lowest BCUT2D eigenvalue weighted by Gasteiger charge is -2.32. The molecule has 1 fully saturated rings. The molecule has 1 aromatic carbocycles. The lowest BCUT2D eigenvalue weighted by atomic mass is 9.97. The molecular weight excluding hydrogens is 316 g/mol. The van der Waals surface area contributed by atoms with Crippen LogP contribution >= 0.6 is 11.6 Å². The summed E-state index contributed by atoms with van der Waals surface area (Å²) in [6.45, 7) is 1.44. The summed E-state index contributed by atoms with van der Waals surface area (Å²) in [5.74, 6) is 0.766. The van der Waals surface area contributed by atoms with Crippen LogP contribution in [-0.2, 0) is 4.79 Å². The smallest absolute Gasteiger partial charge is 0.229 e. The van der Waals surface area contributed by atoms with Crippen molar-refractivity contribution in [3.05, 3.63) is 41.6 Å². The zero-order valence-electron chi connectivity index (χ0n) is 12.4. The molecule has 2 heterocycles. The van der Waals surface area contributed by atoms with Crippen LogP contribution in [0.3, 0.4) is 0 Å². The molecule has 1 amide bonds. The van der Waals surface area contributed by atoms with Crippen molar-refractivity contribution in [3.8, 4) is 5.75 Å². The van der Waals surface area contributed by atoms with Crippen LogP contribution in [0.4, 0.5) is 11.5 Å². The molecule has 0 unspecified atom stereocenters. The van der Waals surface area contributed by atoms with Gasteiger partial charge in [0.05, 0.1) is 5.92 Å². The zero-order valence-corrected chi connectivity index (χ0v) is 13.2. The number of nitrogens with zero attached hydrogens (tertiary/aromatic N) is 3. The Morgan fingerprint density at radius 2 is 2.00 bits per heavy atom. The van der Waals surface area contributed by atoms with Crippen molar-refractivity contribution in [2.24, 2.45) is 5.92 Å². The van der Waals surface area contributed by atoms with E-state index in [0.29, 0.717) is 17.4 Å².